The summed E-state index contributed by atoms with van der Waals surface area (Å²) in [6.07, 6.45) is 2.97. The fourth-order valence-electron chi connectivity index (χ4n) is 3.13. The van der Waals surface area contributed by atoms with E-state index in [1.54, 1.807) is 6.07 Å². The van der Waals surface area contributed by atoms with Crippen LogP contribution in [0.2, 0.25) is 5.02 Å². The number of nitrogens with zero attached hydrogens (tertiary/aromatic N) is 3. The van der Waals surface area contributed by atoms with E-state index in [2.05, 4.69) is 22.2 Å². The predicted molar refractivity (Wildman–Crippen MR) is 105 cm³/mol. The van der Waals surface area contributed by atoms with E-state index < -0.39 is 0 Å². The van der Waals surface area contributed by atoms with Crippen molar-refractivity contribution >= 4 is 23.3 Å². The van der Waals surface area contributed by atoms with Crippen LogP contribution in [0, 0.1) is 12.8 Å². The van der Waals surface area contributed by atoms with Gasteiger partial charge in [-0.2, -0.15) is 0 Å². The van der Waals surface area contributed by atoms with Gasteiger partial charge in [-0.05, 0) is 49.8 Å². The highest BCUT2D eigenvalue weighted by Crippen LogP contribution is 2.18. The number of amides is 1. The quantitative estimate of drug-likeness (QED) is 0.862. The van der Waals surface area contributed by atoms with Gasteiger partial charge in [-0.3, -0.25) is 4.79 Å². The van der Waals surface area contributed by atoms with Crippen molar-refractivity contribution in [1.29, 1.82) is 0 Å². The zero-order valence-corrected chi connectivity index (χ0v) is 16.1. The number of nitrogens with one attached hydrogen (secondary N) is 1. The van der Waals surface area contributed by atoms with Gasteiger partial charge < -0.3 is 10.2 Å². The van der Waals surface area contributed by atoms with Gasteiger partial charge in [-0.15, -0.1) is 0 Å². The number of hydrogen-bond acceptors (Lipinski definition) is 4. The van der Waals surface area contributed by atoms with Crippen LogP contribution in [0.25, 0.3) is 0 Å². The van der Waals surface area contributed by atoms with Crippen LogP contribution in [0.1, 0.15) is 41.6 Å². The third-order valence-electron chi connectivity index (χ3n) is 4.76. The maximum absolute atomic E-state index is 12.7. The van der Waals surface area contributed by atoms with E-state index in [0.29, 0.717) is 23.3 Å². The van der Waals surface area contributed by atoms with E-state index in [4.69, 9.17) is 11.6 Å². The van der Waals surface area contributed by atoms with E-state index in [1.165, 1.54) is 5.56 Å². The average molecular weight is 373 g/mol. The van der Waals surface area contributed by atoms with Gasteiger partial charge in [0.15, 0.2) is 0 Å². The van der Waals surface area contributed by atoms with E-state index in [-0.39, 0.29) is 5.91 Å². The van der Waals surface area contributed by atoms with Gasteiger partial charge in [0.1, 0.15) is 17.3 Å². The Bertz CT molecular complexity index is 755. The molecule has 0 atom stereocenters. The van der Waals surface area contributed by atoms with Crippen molar-refractivity contribution in [3.8, 4) is 0 Å². The predicted octanol–water partition coefficient (Wildman–Crippen LogP) is 3.97. The Kier molecular flexibility index (Phi) is 6.09. The second kappa shape index (κ2) is 8.49. The van der Waals surface area contributed by atoms with Crippen LogP contribution >= 0.6 is 11.6 Å². The molecule has 2 aromatic rings. The van der Waals surface area contributed by atoms with Gasteiger partial charge >= 0.3 is 0 Å². The fourth-order valence-corrected chi connectivity index (χ4v) is 3.25. The summed E-state index contributed by atoms with van der Waals surface area (Å²) in [5.41, 5.74) is 1.67. The van der Waals surface area contributed by atoms with Crippen molar-refractivity contribution in [1.82, 2.24) is 14.9 Å². The third-order valence-corrected chi connectivity index (χ3v) is 5.01. The van der Waals surface area contributed by atoms with Crippen molar-refractivity contribution in [3.63, 3.8) is 0 Å². The Morgan fingerprint density at radius 2 is 1.92 bits per heavy atom. The summed E-state index contributed by atoms with van der Waals surface area (Å²) in [4.78, 5) is 23.4. The minimum atomic E-state index is 0.00292. The zero-order valence-electron chi connectivity index (χ0n) is 15.3. The number of likely N-dealkylation sites (tertiary alicyclic amines) is 1. The molecule has 1 aromatic carbocycles. The summed E-state index contributed by atoms with van der Waals surface area (Å²) in [5.74, 6) is 2.00. The molecule has 1 aliphatic rings. The van der Waals surface area contributed by atoms with Crippen molar-refractivity contribution in [2.24, 2.45) is 5.92 Å². The highest BCUT2D eigenvalue weighted by molar-refractivity contribution is 6.30. The third kappa shape index (κ3) is 4.94. The number of piperidine rings is 1. The van der Waals surface area contributed by atoms with Crippen molar-refractivity contribution in [2.75, 3.05) is 25.0 Å². The molecule has 0 saturated carbocycles. The summed E-state index contributed by atoms with van der Waals surface area (Å²) < 4.78 is 0. The zero-order chi connectivity index (χ0) is 18.5. The van der Waals surface area contributed by atoms with Crippen molar-refractivity contribution in [3.05, 3.63) is 52.4 Å². The Labute approximate surface area is 159 Å². The molecule has 2 heterocycles. The largest absolute Gasteiger partial charge is 0.370 e. The van der Waals surface area contributed by atoms with E-state index in [0.717, 1.165) is 43.9 Å². The SMILES string of the molecule is Cc1nc(NCCc2ccc(Cl)cc2)cc(C(=O)N2CCC(C)CC2)n1. The number of aromatic nitrogens is 2. The molecule has 0 unspecified atom stereocenters. The van der Waals surface area contributed by atoms with Gasteiger partial charge in [0.2, 0.25) is 0 Å². The lowest BCUT2D eigenvalue weighted by Gasteiger charge is -2.30. The molecule has 1 aromatic heterocycles. The Balaban J connectivity index is 1.61. The number of anilines is 1. The van der Waals surface area contributed by atoms with Crippen LogP contribution in [0.5, 0.6) is 0 Å². The first-order chi connectivity index (χ1) is 12.5. The molecule has 0 aliphatic carbocycles. The first-order valence-corrected chi connectivity index (χ1v) is 9.52. The molecule has 1 aliphatic heterocycles. The number of hydrogen-bond donors (Lipinski definition) is 1. The molecular weight excluding hydrogens is 348 g/mol. The summed E-state index contributed by atoms with van der Waals surface area (Å²) in [7, 11) is 0. The molecule has 3 rings (SSSR count). The second-order valence-corrected chi connectivity index (χ2v) is 7.40. The number of carbonyl (C=O) groups excluding carboxylic acids is 1. The Morgan fingerprint density at radius 1 is 1.23 bits per heavy atom. The standard InChI is InChI=1S/C20H25ClN4O/c1-14-8-11-25(12-9-14)20(26)18-13-19(24-15(2)23-18)22-10-7-16-3-5-17(21)6-4-16/h3-6,13-14H,7-12H2,1-2H3,(H,22,23,24). The molecule has 6 heteroatoms. The van der Waals surface area contributed by atoms with Gasteiger partial charge in [0.25, 0.3) is 5.91 Å². The molecule has 1 N–H and O–H groups in total. The normalized spacial score (nSPS) is 15.1. The smallest absolute Gasteiger partial charge is 0.272 e. The van der Waals surface area contributed by atoms with Gasteiger partial charge in [0, 0.05) is 30.7 Å². The van der Waals surface area contributed by atoms with Crippen LogP contribution in [0.4, 0.5) is 5.82 Å². The molecule has 5 nitrogen and oxygen atoms in total. The molecule has 1 fully saturated rings. The maximum Gasteiger partial charge on any atom is 0.272 e. The lowest BCUT2D eigenvalue weighted by atomic mass is 9.99. The minimum Gasteiger partial charge on any atom is -0.370 e. The molecule has 138 valence electrons. The van der Waals surface area contributed by atoms with E-state index in [1.807, 2.05) is 36.1 Å². The first-order valence-electron chi connectivity index (χ1n) is 9.14. The van der Waals surface area contributed by atoms with Gasteiger partial charge in [-0.1, -0.05) is 30.7 Å². The molecule has 0 radical (unpaired) electrons. The summed E-state index contributed by atoms with van der Waals surface area (Å²) in [5, 5.41) is 4.04. The molecule has 1 amide bonds. The highest BCUT2D eigenvalue weighted by Gasteiger charge is 2.23. The lowest BCUT2D eigenvalue weighted by Crippen LogP contribution is -2.38. The van der Waals surface area contributed by atoms with E-state index in [9.17, 15) is 4.79 Å². The number of benzene rings is 1. The van der Waals surface area contributed by atoms with Crippen LogP contribution in [0.3, 0.4) is 0 Å². The summed E-state index contributed by atoms with van der Waals surface area (Å²) in [6.45, 7) is 6.40. The summed E-state index contributed by atoms with van der Waals surface area (Å²) in [6, 6.07) is 9.57. The second-order valence-electron chi connectivity index (χ2n) is 6.96. The van der Waals surface area contributed by atoms with Crippen molar-refractivity contribution in [2.45, 2.75) is 33.1 Å². The van der Waals surface area contributed by atoms with Crippen LogP contribution in [-0.2, 0) is 6.42 Å². The van der Waals surface area contributed by atoms with E-state index >= 15 is 0 Å². The minimum absolute atomic E-state index is 0.00292. The summed E-state index contributed by atoms with van der Waals surface area (Å²) >= 11 is 5.91. The van der Waals surface area contributed by atoms with Crippen LogP contribution in [-0.4, -0.2) is 40.4 Å². The lowest BCUT2D eigenvalue weighted by molar-refractivity contribution is 0.0691. The maximum atomic E-state index is 12.7. The van der Waals surface area contributed by atoms with Gasteiger partial charge in [-0.25, -0.2) is 9.97 Å². The topological polar surface area (TPSA) is 58.1 Å². The van der Waals surface area contributed by atoms with Gasteiger partial charge in [0.05, 0.1) is 0 Å². The number of aryl methyl sites for hydroxylation is 1. The fraction of sp³-hybridized carbons (Fsp3) is 0.450. The monoisotopic (exact) mass is 372 g/mol. The molecule has 1 saturated heterocycles. The Morgan fingerprint density at radius 3 is 2.62 bits per heavy atom. The number of halogens is 1. The number of rotatable bonds is 5. The average Bonchev–Trinajstić information content (AvgIpc) is 2.63. The first kappa shape index (κ1) is 18.6. The number of carbonyl (C=O) groups is 1. The van der Waals surface area contributed by atoms with Crippen LogP contribution in [0.15, 0.2) is 30.3 Å². The van der Waals surface area contributed by atoms with Crippen LogP contribution < -0.4 is 5.32 Å². The highest BCUT2D eigenvalue weighted by atomic mass is 35.5. The molecular formula is C20H25ClN4O. The molecule has 26 heavy (non-hydrogen) atoms. The van der Waals surface area contributed by atoms with Crippen molar-refractivity contribution < 1.29 is 4.79 Å². The Hall–Kier alpha value is -2.14. The molecule has 0 bridgehead atoms. The molecule has 0 spiro atoms.